The number of rotatable bonds is 5. The fourth-order valence-corrected chi connectivity index (χ4v) is 5.00. The maximum Gasteiger partial charge on any atom is 0.323 e. The van der Waals surface area contributed by atoms with Crippen molar-refractivity contribution in [2.45, 2.75) is 29.2 Å². The van der Waals surface area contributed by atoms with Crippen LogP contribution in [0.2, 0.25) is 0 Å². The molecule has 0 unspecified atom stereocenters. The molecule has 0 saturated carbocycles. The lowest BCUT2D eigenvalue weighted by Crippen LogP contribution is -2.33. The third-order valence-electron chi connectivity index (χ3n) is 6.42. The minimum atomic E-state index is -2.90. The minimum absolute atomic E-state index is 0.0734. The molecule has 170 valence electrons. The van der Waals surface area contributed by atoms with Crippen molar-refractivity contribution < 1.29 is 13.2 Å². The van der Waals surface area contributed by atoms with Crippen LogP contribution in [-0.4, -0.2) is 22.6 Å². The molecule has 2 aromatic heterocycles. The number of nitrogens with zero attached hydrogens (tertiary/aromatic N) is 3. The molecule has 3 nitrogen and oxygen atoms in total. The van der Waals surface area contributed by atoms with E-state index in [1.807, 2.05) is 18.2 Å². The van der Waals surface area contributed by atoms with Crippen LogP contribution in [0.4, 0.5) is 19.0 Å². The first kappa shape index (κ1) is 22.3. The van der Waals surface area contributed by atoms with Crippen LogP contribution in [-0.2, 0) is 10.5 Å². The lowest BCUT2D eigenvalue weighted by Gasteiger charge is -2.33. The predicted molar refractivity (Wildman–Crippen MR) is 134 cm³/mol. The second kappa shape index (κ2) is 9.00. The van der Waals surface area contributed by atoms with Gasteiger partial charge in [0.25, 0.3) is 0 Å². The number of hydrogen-bond acceptors (Lipinski definition) is 2. The third kappa shape index (κ3) is 4.74. The van der Waals surface area contributed by atoms with Gasteiger partial charge in [-0.2, -0.15) is 8.78 Å². The van der Waals surface area contributed by atoms with Gasteiger partial charge in [0.2, 0.25) is 0 Å². The lowest BCUT2D eigenvalue weighted by molar-refractivity contribution is 0.127. The Hall–Kier alpha value is -2.55. The second-order valence-corrected chi connectivity index (χ2v) is 9.87. The van der Waals surface area contributed by atoms with Crippen molar-refractivity contribution in [2.75, 3.05) is 18.0 Å². The molecular weight excluding hydrogens is 538 g/mol. The molecular formula is C26H23F3IN3. The van der Waals surface area contributed by atoms with Crippen molar-refractivity contribution >= 4 is 39.3 Å². The molecule has 0 aliphatic carbocycles. The van der Waals surface area contributed by atoms with E-state index in [-0.39, 0.29) is 11.4 Å². The van der Waals surface area contributed by atoms with E-state index in [1.165, 1.54) is 40.9 Å². The van der Waals surface area contributed by atoms with Crippen LogP contribution in [0.3, 0.4) is 0 Å². The molecule has 1 aliphatic heterocycles. The van der Waals surface area contributed by atoms with E-state index in [9.17, 15) is 13.2 Å². The zero-order valence-electron chi connectivity index (χ0n) is 17.9. The second-order valence-electron chi connectivity index (χ2n) is 8.52. The van der Waals surface area contributed by atoms with E-state index in [2.05, 4.69) is 38.8 Å². The average Bonchev–Trinajstić information content (AvgIpc) is 3.19. The van der Waals surface area contributed by atoms with E-state index < -0.39 is 3.93 Å². The predicted octanol–water partition coefficient (Wildman–Crippen LogP) is 7.09. The number of piperidine rings is 1. The smallest absolute Gasteiger partial charge is 0.323 e. The summed E-state index contributed by atoms with van der Waals surface area (Å²) in [5, 5.41) is 1.25. The molecule has 5 rings (SSSR count). The summed E-state index contributed by atoms with van der Waals surface area (Å²) < 4.78 is 39.6. The number of fused-ring (bicyclic) bond motifs is 1. The molecule has 0 bridgehead atoms. The summed E-state index contributed by atoms with van der Waals surface area (Å²) in [6, 6.07) is 18.2. The molecule has 1 fully saturated rings. The molecule has 7 heteroatoms. The van der Waals surface area contributed by atoms with E-state index in [0.29, 0.717) is 12.5 Å². The largest absolute Gasteiger partial charge is 0.357 e. The Morgan fingerprint density at radius 1 is 0.970 bits per heavy atom. The standard InChI is InChI=1S/C26H23F3IN3/c27-21-8-5-18(6-9-21)16-33-17-23(22-3-1-2-4-24(22)33)19-11-13-32(14-12-19)25-10-7-20(15-31-25)26(28,29)30/h1-10,15,17,19H,11-14,16H2. The van der Waals surface area contributed by atoms with Crippen molar-refractivity contribution in [3.8, 4) is 0 Å². The van der Waals surface area contributed by atoms with Gasteiger partial charge in [-0.15, -0.1) is 0 Å². The number of hydrogen-bond donors (Lipinski definition) is 0. The lowest BCUT2D eigenvalue weighted by atomic mass is 9.89. The molecule has 0 atom stereocenters. The molecule has 0 N–H and O–H groups in total. The Morgan fingerprint density at radius 3 is 2.36 bits per heavy atom. The Bertz CT molecular complexity index is 1240. The van der Waals surface area contributed by atoms with Gasteiger partial charge in [0, 0.05) is 71.1 Å². The van der Waals surface area contributed by atoms with Gasteiger partial charge in [-0.25, -0.2) is 9.37 Å². The molecule has 0 radical (unpaired) electrons. The maximum atomic E-state index is 13.5. The number of aromatic nitrogens is 2. The molecule has 33 heavy (non-hydrogen) atoms. The molecule has 0 spiro atoms. The highest BCUT2D eigenvalue weighted by atomic mass is 127. The Labute approximate surface area is 204 Å². The van der Waals surface area contributed by atoms with Crippen molar-refractivity contribution in [2.24, 2.45) is 0 Å². The summed E-state index contributed by atoms with van der Waals surface area (Å²) in [5.74, 6) is 0.936. The van der Waals surface area contributed by atoms with Crippen LogP contribution in [0.1, 0.15) is 35.4 Å². The highest BCUT2D eigenvalue weighted by Crippen LogP contribution is 2.37. The van der Waals surface area contributed by atoms with E-state index in [4.69, 9.17) is 0 Å². The minimum Gasteiger partial charge on any atom is -0.357 e. The summed E-state index contributed by atoms with van der Waals surface area (Å²) in [7, 11) is 0. The zero-order valence-corrected chi connectivity index (χ0v) is 20.1. The molecule has 1 saturated heterocycles. The Balaban J connectivity index is 1.34. The quantitative estimate of drug-likeness (QED) is 0.192. The van der Waals surface area contributed by atoms with Gasteiger partial charge in [0.15, 0.2) is 0 Å². The van der Waals surface area contributed by atoms with Gasteiger partial charge < -0.3 is 9.47 Å². The first-order chi connectivity index (χ1) is 15.9. The summed E-state index contributed by atoms with van der Waals surface area (Å²) in [6.07, 6.45) is 5.45. The Kier molecular flexibility index (Phi) is 6.07. The van der Waals surface area contributed by atoms with Crippen LogP contribution >= 0.6 is 22.6 Å². The van der Waals surface area contributed by atoms with E-state index in [1.54, 1.807) is 6.07 Å². The van der Waals surface area contributed by atoms with Gasteiger partial charge in [-0.05, 0) is 60.2 Å². The number of para-hydroxylation sites is 1. The number of halogens is 4. The third-order valence-corrected chi connectivity index (χ3v) is 7.04. The number of pyridine rings is 1. The Morgan fingerprint density at radius 2 is 1.70 bits per heavy atom. The SMILES string of the molecule is Fc1ccc(Cn2cc(C3CCN(c4ccc(C(F)(F)I)cn4)CC3)c3ccccc32)cc1. The van der Waals surface area contributed by atoms with Gasteiger partial charge in [-0.3, -0.25) is 0 Å². The van der Waals surface area contributed by atoms with Crippen LogP contribution in [0.5, 0.6) is 0 Å². The van der Waals surface area contributed by atoms with Crippen molar-refractivity contribution in [3.05, 3.63) is 95.6 Å². The topological polar surface area (TPSA) is 21.1 Å². The molecule has 3 heterocycles. The van der Waals surface area contributed by atoms with Gasteiger partial charge in [0.05, 0.1) is 0 Å². The normalized spacial score (nSPS) is 15.3. The summed E-state index contributed by atoms with van der Waals surface area (Å²) >= 11 is 1.13. The summed E-state index contributed by atoms with van der Waals surface area (Å²) in [6.45, 7) is 2.35. The monoisotopic (exact) mass is 561 g/mol. The van der Waals surface area contributed by atoms with Gasteiger partial charge in [-0.1, -0.05) is 30.3 Å². The summed E-state index contributed by atoms with van der Waals surface area (Å²) in [5.41, 5.74) is 3.50. The first-order valence-electron chi connectivity index (χ1n) is 11.0. The fraction of sp³-hybridized carbons (Fsp3) is 0.269. The van der Waals surface area contributed by atoms with E-state index >= 15 is 0 Å². The highest BCUT2D eigenvalue weighted by molar-refractivity contribution is 14.1. The van der Waals surface area contributed by atoms with Gasteiger partial charge >= 0.3 is 3.93 Å². The van der Waals surface area contributed by atoms with Gasteiger partial charge in [0.1, 0.15) is 11.6 Å². The zero-order chi connectivity index (χ0) is 23.0. The number of anilines is 1. The van der Waals surface area contributed by atoms with Crippen LogP contribution in [0.15, 0.2) is 73.1 Å². The first-order valence-corrected chi connectivity index (χ1v) is 12.1. The molecule has 2 aromatic carbocycles. The van der Waals surface area contributed by atoms with Crippen LogP contribution in [0.25, 0.3) is 10.9 Å². The fourth-order valence-electron chi connectivity index (χ4n) is 4.68. The van der Waals surface area contributed by atoms with Crippen molar-refractivity contribution in [1.82, 2.24) is 9.55 Å². The molecule has 1 aliphatic rings. The average molecular weight is 561 g/mol. The number of benzene rings is 2. The van der Waals surface area contributed by atoms with Crippen molar-refractivity contribution in [1.29, 1.82) is 0 Å². The van der Waals surface area contributed by atoms with Crippen LogP contribution < -0.4 is 4.90 Å². The maximum absolute atomic E-state index is 13.5. The summed E-state index contributed by atoms with van der Waals surface area (Å²) in [4.78, 5) is 6.45. The molecule has 4 aromatic rings. The van der Waals surface area contributed by atoms with Crippen molar-refractivity contribution in [3.63, 3.8) is 0 Å². The van der Waals surface area contributed by atoms with Crippen LogP contribution in [0, 0.1) is 5.82 Å². The molecule has 0 amide bonds. The van der Waals surface area contributed by atoms with E-state index in [0.717, 1.165) is 59.9 Å². The number of alkyl halides is 3. The highest BCUT2D eigenvalue weighted by Gasteiger charge is 2.28.